The third kappa shape index (κ3) is 4.21. The zero-order valence-corrected chi connectivity index (χ0v) is 12.2. The van der Waals surface area contributed by atoms with Crippen molar-refractivity contribution >= 4 is 11.9 Å². The van der Waals surface area contributed by atoms with Crippen molar-refractivity contribution in [2.75, 3.05) is 19.7 Å². The monoisotopic (exact) mass is 291 g/mol. The lowest BCUT2D eigenvalue weighted by Gasteiger charge is -2.17. The number of rotatable bonds is 7. The summed E-state index contributed by atoms with van der Waals surface area (Å²) in [6.07, 6.45) is 2.86. The Morgan fingerprint density at radius 1 is 1.38 bits per heavy atom. The molecule has 1 aromatic carbocycles. The fourth-order valence-corrected chi connectivity index (χ4v) is 2.64. The van der Waals surface area contributed by atoms with Crippen LogP contribution in [0.4, 0.5) is 0 Å². The number of carbonyl (C=O) groups excluding carboxylic acids is 1. The largest absolute Gasteiger partial charge is 0.492 e. The minimum Gasteiger partial charge on any atom is -0.492 e. The van der Waals surface area contributed by atoms with Gasteiger partial charge < -0.3 is 14.7 Å². The summed E-state index contributed by atoms with van der Waals surface area (Å²) in [6.45, 7) is 3.97. The molecule has 1 N–H and O–H groups in total. The molecule has 21 heavy (non-hydrogen) atoms. The summed E-state index contributed by atoms with van der Waals surface area (Å²) in [5.41, 5.74) is 0.236. The molecule has 0 saturated carbocycles. The number of ether oxygens (including phenoxy) is 1. The topological polar surface area (TPSA) is 66.8 Å². The van der Waals surface area contributed by atoms with Crippen LogP contribution in [0.15, 0.2) is 24.3 Å². The molecule has 2 rings (SSSR count). The van der Waals surface area contributed by atoms with E-state index in [2.05, 4.69) is 6.92 Å². The number of carboxylic acids is 1. The van der Waals surface area contributed by atoms with E-state index in [-0.39, 0.29) is 11.5 Å². The molecule has 0 aromatic heterocycles. The van der Waals surface area contributed by atoms with Gasteiger partial charge in [-0.15, -0.1) is 0 Å². The number of likely N-dealkylation sites (tertiary alicyclic amines) is 1. The van der Waals surface area contributed by atoms with Gasteiger partial charge in [-0.25, -0.2) is 4.79 Å². The maximum absolute atomic E-state index is 11.8. The highest BCUT2D eigenvalue weighted by Gasteiger charge is 2.28. The molecule has 0 aliphatic carbocycles. The number of amides is 1. The summed E-state index contributed by atoms with van der Waals surface area (Å²) < 4.78 is 5.56. The third-order valence-corrected chi connectivity index (χ3v) is 3.72. The molecule has 1 atom stereocenters. The first-order valence-electron chi connectivity index (χ1n) is 7.34. The average molecular weight is 291 g/mol. The number of carbonyl (C=O) groups is 2. The van der Waals surface area contributed by atoms with Crippen molar-refractivity contribution in [3.8, 4) is 5.75 Å². The Morgan fingerprint density at radius 3 is 2.71 bits per heavy atom. The third-order valence-electron chi connectivity index (χ3n) is 3.72. The SMILES string of the molecule is CCCC1CC(=O)N(CCOc2ccc(C(=O)O)cc2)C1. The minimum atomic E-state index is -0.953. The van der Waals surface area contributed by atoms with E-state index in [1.807, 2.05) is 4.90 Å². The molecule has 1 heterocycles. The molecular formula is C16H21NO4. The van der Waals surface area contributed by atoms with Gasteiger partial charge in [0.2, 0.25) is 5.91 Å². The molecule has 1 amide bonds. The molecule has 0 radical (unpaired) electrons. The molecule has 1 unspecified atom stereocenters. The Hall–Kier alpha value is -2.04. The highest BCUT2D eigenvalue weighted by Crippen LogP contribution is 2.22. The maximum atomic E-state index is 11.8. The van der Waals surface area contributed by atoms with Gasteiger partial charge in [-0.05, 0) is 36.6 Å². The summed E-state index contributed by atoms with van der Waals surface area (Å²) in [5, 5.41) is 8.81. The second kappa shape index (κ2) is 7.11. The molecule has 0 spiro atoms. The van der Waals surface area contributed by atoms with Crippen molar-refractivity contribution in [3.05, 3.63) is 29.8 Å². The second-order valence-corrected chi connectivity index (χ2v) is 5.38. The van der Waals surface area contributed by atoms with Crippen LogP contribution < -0.4 is 4.74 Å². The highest BCUT2D eigenvalue weighted by molar-refractivity contribution is 5.87. The smallest absolute Gasteiger partial charge is 0.335 e. The summed E-state index contributed by atoms with van der Waals surface area (Å²) in [7, 11) is 0. The average Bonchev–Trinajstić information content (AvgIpc) is 2.80. The standard InChI is InChI=1S/C16H21NO4/c1-2-3-12-10-15(18)17(11-12)8-9-21-14-6-4-13(5-7-14)16(19)20/h4-7,12H,2-3,8-11H2,1H3,(H,19,20). The fourth-order valence-electron chi connectivity index (χ4n) is 2.64. The molecule has 5 nitrogen and oxygen atoms in total. The van der Waals surface area contributed by atoms with Crippen molar-refractivity contribution in [1.82, 2.24) is 4.90 Å². The van der Waals surface area contributed by atoms with E-state index in [1.54, 1.807) is 12.1 Å². The van der Waals surface area contributed by atoms with Crippen LogP contribution in [0.3, 0.4) is 0 Å². The van der Waals surface area contributed by atoms with Gasteiger partial charge in [0.05, 0.1) is 12.1 Å². The first-order chi connectivity index (χ1) is 10.1. The number of hydrogen-bond donors (Lipinski definition) is 1. The van der Waals surface area contributed by atoms with Gasteiger partial charge in [0.1, 0.15) is 12.4 Å². The highest BCUT2D eigenvalue weighted by atomic mass is 16.5. The molecule has 1 aliphatic rings. The van der Waals surface area contributed by atoms with Crippen LogP contribution in [0.25, 0.3) is 0 Å². The molecule has 1 saturated heterocycles. The number of hydrogen-bond acceptors (Lipinski definition) is 3. The molecule has 5 heteroatoms. The Kier molecular flexibility index (Phi) is 5.20. The van der Waals surface area contributed by atoms with E-state index in [0.717, 1.165) is 19.4 Å². The number of carboxylic acid groups (broad SMARTS) is 1. The summed E-state index contributed by atoms with van der Waals surface area (Å²) in [6, 6.07) is 6.29. The van der Waals surface area contributed by atoms with Crippen molar-refractivity contribution < 1.29 is 19.4 Å². The van der Waals surface area contributed by atoms with Gasteiger partial charge in [-0.2, -0.15) is 0 Å². The van der Waals surface area contributed by atoms with Gasteiger partial charge >= 0.3 is 5.97 Å². The fraction of sp³-hybridized carbons (Fsp3) is 0.500. The van der Waals surface area contributed by atoms with Gasteiger partial charge in [-0.3, -0.25) is 4.79 Å². The van der Waals surface area contributed by atoms with Crippen molar-refractivity contribution in [1.29, 1.82) is 0 Å². The zero-order valence-electron chi connectivity index (χ0n) is 12.2. The molecule has 1 aliphatic heterocycles. The van der Waals surface area contributed by atoms with Crippen LogP contribution in [-0.2, 0) is 4.79 Å². The van der Waals surface area contributed by atoms with Crippen LogP contribution in [0.2, 0.25) is 0 Å². The van der Waals surface area contributed by atoms with Crippen LogP contribution in [-0.4, -0.2) is 41.6 Å². The van der Waals surface area contributed by atoms with E-state index in [9.17, 15) is 9.59 Å². The van der Waals surface area contributed by atoms with E-state index < -0.39 is 5.97 Å². The van der Waals surface area contributed by atoms with Gasteiger partial charge in [0, 0.05) is 13.0 Å². The lowest BCUT2D eigenvalue weighted by molar-refractivity contribution is -0.128. The van der Waals surface area contributed by atoms with E-state index in [4.69, 9.17) is 9.84 Å². The predicted octanol–water partition coefficient (Wildman–Crippen LogP) is 2.41. The maximum Gasteiger partial charge on any atom is 0.335 e. The molecule has 1 fully saturated rings. The lowest BCUT2D eigenvalue weighted by Crippen LogP contribution is -2.29. The quantitative estimate of drug-likeness (QED) is 0.837. The Bertz CT molecular complexity index is 498. The molecule has 114 valence electrons. The van der Waals surface area contributed by atoms with Crippen molar-refractivity contribution in [2.24, 2.45) is 5.92 Å². The van der Waals surface area contributed by atoms with Crippen LogP contribution in [0, 0.1) is 5.92 Å². The van der Waals surface area contributed by atoms with Gasteiger partial charge in [-0.1, -0.05) is 13.3 Å². The lowest BCUT2D eigenvalue weighted by atomic mass is 10.0. The van der Waals surface area contributed by atoms with Crippen LogP contribution >= 0.6 is 0 Å². The normalized spacial score (nSPS) is 18.0. The molecule has 1 aromatic rings. The van der Waals surface area contributed by atoms with E-state index in [1.165, 1.54) is 12.1 Å². The first kappa shape index (κ1) is 15.4. The second-order valence-electron chi connectivity index (χ2n) is 5.38. The van der Waals surface area contributed by atoms with Crippen molar-refractivity contribution in [3.63, 3.8) is 0 Å². The Balaban J connectivity index is 1.76. The van der Waals surface area contributed by atoms with Crippen LogP contribution in [0.5, 0.6) is 5.75 Å². The summed E-state index contributed by atoms with van der Waals surface area (Å²) in [5.74, 6) is 0.360. The predicted molar refractivity (Wildman–Crippen MR) is 78.5 cm³/mol. The summed E-state index contributed by atoms with van der Waals surface area (Å²) >= 11 is 0. The minimum absolute atomic E-state index is 0.207. The molecular weight excluding hydrogens is 270 g/mol. The molecule has 0 bridgehead atoms. The van der Waals surface area contributed by atoms with Crippen LogP contribution in [0.1, 0.15) is 36.5 Å². The first-order valence-corrected chi connectivity index (χ1v) is 7.34. The van der Waals surface area contributed by atoms with Gasteiger partial charge in [0.25, 0.3) is 0 Å². The summed E-state index contributed by atoms with van der Waals surface area (Å²) in [4.78, 5) is 24.4. The van der Waals surface area contributed by atoms with E-state index in [0.29, 0.717) is 31.2 Å². The number of aromatic carboxylic acids is 1. The Labute approximate surface area is 124 Å². The zero-order chi connectivity index (χ0) is 15.2. The number of nitrogens with zero attached hydrogens (tertiary/aromatic N) is 1. The van der Waals surface area contributed by atoms with Crippen molar-refractivity contribution in [2.45, 2.75) is 26.2 Å². The van der Waals surface area contributed by atoms with Gasteiger partial charge in [0.15, 0.2) is 0 Å². The number of benzene rings is 1. The van der Waals surface area contributed by atoms with E-state index >= 15 is 0 Å². The Morgan fingerprint density at radius 2 is 2.10 bits per heavy atom.